The van der Waals surface area contributed by atoms with Crippen LogP contribution in [0.2, 0.25) is 0 Å². The van der Waals surface area contributed by atoms with Crippen molar-refractivity contribution in [1.29, 1.82) is 0 Å². The molecule has 7 nitrogen and oxygen atoms in total. The summed E-state index contributed by atoms with van der Waals surface area (Å²) in [5, 5.41) is 18.2. The van der Waals surface area contributed by atoms with Crippen LogP contribution in [0.5, 0.6) is 5.75 Å². The van der Waals surface area contributed by atoms with Gasteiger partial charge in [0.05, 0.1) is 11.4 Å². The molecule has 0 saturated heterocycles. The van der Waals surface area contributed by atoms with Gasteiger partial charge in [0, 0.05) is 17.8 Å². The largest absolute Gasteiger partial charge is 0.505 e. The number of nitrogens with zero attached hydrogens (tertiary/aromatic N) is 4. The molecule has 1 aliphatic heterocycles. The Kier molecular flexibility index (Phi) is 3.83. The van der Waals surface area contributed by atoms with E-state index in [0.29, 0.717) is 24.0 Å². The van der Waals surface area contributed by atoms with Crippen molar-refractivity contribution in [2.24, 2.45) is 0 Å². The molecule has 3 heterocycles. The minimum absolute atomic E-state index is 0.0747. The SMILES string of the molecule is Nc1ncnc2c1c(-c1cc(O)c(F)c(F)c1)nn2C1CNc2ccccc2C1. The topological polar surface area (TPSA) is 102 Å². The first kappa shape index (κ1) is 17.4. The first-order valence-electron chi connectivity index (χ1n) is 9.01. The van der Waals surface area contributed by atoms with E-state index in [0.717, 1.165) is 23.4 Å². The van der Waals surface area contributed by atoms with E-state index in [-0.39, 0.29) is 23.1 Å². The fraction of sp³-hybridized carbons (Fsp3) is 0.150. The summed E-state index contributed by atoms with van der Waals surface area (Å²) in [6.07, 6.45) is 2.05. The minimum Gasteiger partial charge on any atom is -0.505 e. The van der Waals surface area contributed by atoms with Gasteiger partial charge in [0.25, 0.3) is 0 Å². The van der Waals surface area contributed by atoms with Gasteiger partial charge in [-0.05, 0) is 30.2 Å². The number of aromatic hydroxyl groups is 1. The average Bonchev–Trinajstić information content (AvgIpc) is 3.12. The van der Waals surface area contributed by atoms with Crippen LogP contribution < -0.4 is 11.1 Å². The van der Waals surface area contributed by atoms with E-state index < -0.39 is 17.4 Å². The summed E-state index contributed by atoms with van der Waals surface area (Å²) in [4.78, 5) is 8.35. The molecular weight excluding hydrogens is 378 g/mol. The first-order chi connectivity index (χ1) is 14.0. The number of halogens is 2. The van der Waals surface area contributed by atoms with Gasteiger partial charge in [-0.1, -0.05) is 18.2 Å². The Morgan fingerprint density at radius 3 is 2.83 bits per heavy atom. The molecule has 146 valence electrons. The number of benzene rings is 2. The number of anilines is 2. The van der Waals surface area contributed by atoms with Crippen molar-refractivity contribution >= 4 is 22.5 Å². The molecule has 0 saturated carbocycles. The Balaban J connectivity index is 1.68. The molecule has 0 aliphatic carbocycles. The van der Waals surface area contributed by atoms with Gasteiger partial charge >= 0.3 is 0 Å². The minimum atomic E-state index is -1.31. The van der Waals surface area contributed by atoms with Gasteiger partial charge in [0.1, 0.15) is 17.8 Å². The molecule has 2 aromatic heterocycles. The summed E-state index contributed by atoms with van der Waals surface area (Å²) in [7, 11) is 0. The monoisotopic (exact) mass is 394 g/mol. The van der Waals surface area contributed by atoms with E-state index in [1.807, 2.05) is 24.3 Å². The Labute approximate surface area is 163 Å². The van der Waals surface area contributed by atoms with E-state index in [4.69, 9.17) is 5.73 Å². The normalized spacial score (nSPS) is 15.9. The number of nitrogens with two attached hydrogens (primary N) is 1. The lowest BCUT2D eigenvalue weighted by molar-refractivity contribution is 0.407. The molecule has 29 heavy (non-hydrogen) atoms. The lowest BCUT2D eigenvalue weighted by Gasteiger charge is -2.26. The number of rotatable bonds is 2. The lowest BCUT2D eigenvalue weighted by atomic mass is 10.00. The third-order valence-electron chi connectivity index (χ3n) is 5.15. The zero-order valence-electron chi connectivity index (χ0n) is 15.1. The maximum atomic E-state index is 13.9. The predicted octanol–water partition coefficient (Wildman–Crippen LogP) is 3.27. The zero-order chi connectivity index (χ0) is 20.1. The number of hydrogen-bond acceptors (Lipinski definition) is 6. The third-order valence-corrected chi connectivity index (χ3v) is 5.15. The summed E-state index contributed by atoms with van der Waals surface area (Å²) >= 11 is 0. The Bertz CT molecular complexity index is 1230. The number of aromatic nitrogens is 4. The second-order valence-corrected chi connectivity index (χ2v) is 6.94. The molecule has 1 unspecified atom stereocenters. The fourth-order valence-corrected chi connectivity index (χ4v) is 3.76. The molecule has 4 aromatic rings. The molecule has 0 amide bonds. The third kappa shape index (κ3) is 2.74. The summed E-state index contributed by atoms with van der Waals surface area (Å²) in [6, 6.07) is 10.0. The number of nitrogen functional groups attached to an aromatic ring is 1. The standard InChI is InChI=1S/C20H16F2N6O/c21-13-6-11(7-15(29)17(13)22)18-16-19(23)25-9-26-20(16)28(27-18)12-5-10-3-1-2-4-14(10)24-8-12/h1-4,6-7,9,12,24,29H,5,8H2,(H2,23,25,26). The van der Waals surface area contributed by atoms with E-state index in [9.17, 15) is 13.9 Å². The van der Waals surface area contributed by atoms with E-state index in [2.05, 4.69) is 20.4 Å². The number of hydrogen-bond donors (Lipinski definition) is 3. The van der Waals surface area contributed by atoms with Crippen LogP contribution in [0.1, 0.15) is 11.6 Å². The molecule has 0 bridgehead atoms. The molecule has 1 aliphatic rings. The quantitative estimate of drug-likeness (QED) is 0.482. The second kappa shape index (κ2) is 6.40. The van der Waals surface area contributed by atoms with Crippen molar-refractivity contribution in [1.82, 2.24) is 19.7 Å². The zero-order valence-corrected chi connectivity index (χ0v) is 15.1. The van der Waals surface area contributed by atoms with Crippen LogP contribution in [0.4, 0.5) is 20.3 Å². The number of phenols is 1. The maximum Gasteiger partial charge on any atom is 0.200 e. The van der Waals surface area contributed by atoms with E-state index in [1.165, 1.54) is 6.33 Å². The average molecular weight is 394 g/mol. The molecule has 9 heteroatoms. The van der Waals surface area contributed by atoms with Crippen molar-refractivity contribution in [3.8, 4) is 17.0 Å². The lowest BCUT2D eigenvalue weighted by Crippen LogP contribution is -2.27. The van der Waals surface area contributed by atoms with Crippen LogP contribution in [-0.2, 0) is 6.42 Å². The summed E-state index contributed by atoms with van der Waals surface area (Å²) in [5.41, 5.74) is 9.24. The van der Waals surface area contributed by atoms with Crippen molar-refractivity contribution in [2.75, 3.05) is 17.6 Å². The molecule has 2 aromatic carbocycles. The van der Waals surface area contributed by atoms with Gasteiger partial charge in [-0.3, -0.25) is 0 Å². The smallest absolute Gasteiger partial charge is 0.200 e. The Morgan fingerprint density at radius 2 is 2.00 bits per heavy atom. The van der Waals surface area contributed by atoms with Gasteiger partial charge in [-0.25, -0.2) is 19.0 Å². The number of fused-ring (bicyclic) bond motifs is 2. The van der Waals surface area contributed by atoms with E-state index >= 15 is 0 Å². The second-order valence-electron chi connectivity index (χ2n) is 6.94. The number of para-hydroxylation sites is 1. The Morgan fingerprint density at radius 1 is 1.17 bits per heavy atom. The molecule has 0 spiro atoms. The number of nitrogens with one attached hydrogen (secondary N) is 1. The summed E-state index contributed by atoms with van der Waals surface area (Å²) in [6.45, 7) is 0.611. The highest BCUT2D eigenvalue weighted by atomic mass is 19.2. The predicted molar refractivity (Wildman–Crippen MR) is 104 cm³/mol. The number of phenolic OH excluding ortho intramolecular Hbond substituents is 1. The molecule has 0 fully saturated rings. The summed E-state index contributed by atoms with van der Waals surface area (Å²) < 4.78 is 29.2. The molecule has 0 radical (unpaired) electrons. The molecule has 1 atom stereocenters. The van der Waals surface area contributed by atoms with Crippen molar-refractivity contribution < 1.29 is 13.9 Å². The van der Waals surface area contributed by atoms with Crippen LogP contribution in [0.15, 0.2) is 42.7 Å². The highest BCUT2D eigenvalue weighted by Gasteiger charge is 2.26. The van der Waals surface area contributed by atoms with Gasteiger partial charge in [0.2, 0.25) is 0 Å². The van der Waals surface area contributed by atoms with Gasteiger partial charge in [0.15, 0.2) is 23.0 Å². The van der Waals surface area contributed by atoms with Crippen molar-refractivity contribution in [3.63, 3.8) is 0 Å². The van der Waals surface area contributed by atoms with Crippen LogP contribution in [-0.4, -0.2) is 31.4 Å². The molecular formula is C20H16F2N6O. The summed E-state index contributed by atoms with van der Waals surface area (Å²) in [5.74, 6) is -3.11. The molecule has 5 rings (SSSR count). The molecule has 4 N–H and O–H groups in total. The highest BCUT2D eigenvalue weighted by molar-refractivity contribution is 5.98. The van der Waals surface area contributed by atoms with Gasteiger partial charge < -0.3 is 16.2 Å². The van der Waals surface area contributed by atoms with Gasteiger partial charge in [-0.15, -0.1) is 0 Å². The Hall–Kier alpha value is -3.75. The van der Waals surface area contributed by atoms with Crippen LogP contribution in [0.25, 0.3) is 22.3 Å². The van der Waals surface area contributed by atoms with Gasteiger partial charge in [-0.2, -0.15) is 9.49 Å². The van der Waals surface area contributed by atoms with Crippen LogP contribution in [0, 0.1) is 11.6 Å². The van der Waals surface area contributed by atoms with Crippen molar-refractivity contribution in [3.05, 3.63) is 59.9 Å². The van der Waals surface area contributed by atoms with E-state index in [1.54, 1.807) is 4.68 Å². The van der Waals surface area contributed by atoms with Crippen LogP contribution >= 0.6 is 0 Å². The van der Waals surface area contributed by atoms with Crippen LogP contribution in [0.3, 0.4) is 0 Å². The fourth-order valence-electron chi connectivity index (χ4n) is 3.76. The maximum absolute atomic E-state index is 13.9. The first-order valence-corrected chi connectivity index (χ1v) is 9.01. The van der Waals surface area contributed by atoms with Crippen molar-refractivity contribution in [2.45, 2.75) is 12.5 Å². The highest BCUT2D eigenvalue weighted by Crippen LogP contribution is 2.36.